The molecule has 1 aliphatic heterocycles. The minimum Gasteiger partial charge on any atom is -0.355 e. The third kappa shape index (κ3) is 1.89. The van der Waals surface area contributed by atoms with E-state index in [1.807, 2.05) is 29.2 Å². The molecule has 0 saturated carbocycles. The van der Waals surface area contributed by atoms with Gasteiger partial charge in [0.15, 0.2) is 0 Å². The van der Waals surface area contributed by atoms with Gasteiger partial charge in [-0.15, -0.1) is 0 Å². The van der Waals surface area contributed by atoms with Crippen molar-refractivity contribution < 1.29 is 8.78 Å². The monoisotopic (exact) mass is 249 g/mol. The number of hydrogen-bond donors (Lipinski definition) is 0. The maximum atomic E-state index is 12.7. The highest BCUT2D eigenvalue weighted by Crippen LogP contribution is 2.30. The highest BCUT2D eigenvalue weighted by Gasteiger charge is 2.30. The van der Waals surface area contributed by atoms with Gasteiger partial charge in [-0.1, -0.05) is 12.1 Å². The molecule has 1 atom stereocenters. The van der Waals surface area contributed by atoms with E-state index in [4.69, 9.17) is 0 Å². The zero-order valence-electron chi connectivity index (χ0n) is 9.76. The second-order valence-corrected chi connectivity index (χ2v) is 4.54. The molecule has 94 valence electrons. The molecule has 3 rings (SSSR count). The van der Waals surface area contributed by atoms with E-state index in [2.05, 4.69) is 9.97 Å². The lowest BCUT2D eigenvalue weighted by Gasteiger charge is -2.18. The molecule has 1 saturated heterocycles. The molecule has 1 unspecified atom stereocenters. The van der Waals surface area contributed by atoms with Gasteiger partial charge >= 0.3 is 0 Å². The first-order valence-electron chi connectivity index (χ1n) is 5.98. The quantitative estimate of drug-likeness (QED) is 0.819. The molecule has 1 aromatic carbocycles. The van der Waals surface area contributed by atoms with Crippen LogP contribution in [0.25, 0.3) is 10.9 Å². The summed E-state index contributed by atoms with van der Waals surface area (Å²) in [4.78, 5) is 10.4. The van der Waals surface area contributed by atoms with Crippen molar-refractivity contribution in [2.45, 2.75) is 12.8 Å². The summed E-state index contributed by atoms with van der Waals surface area (Å²) in [5, 5.41) is 0.926. The van der Waals surface area contributed by atoms with Crippen LogP contribution >= 0.6 is 0 Å². The van der Waals surface area contributed by atoms with Gasteiger partial charge in [0.1, 0.15) is 12.1 Å². The van der Waals surface area contributed by atoms with Crippen molar-refractivity contribution in [1.29, 1.82) is 0 Å². The van der Waals surface area contributed by atoms with E-state index in [0.717, 1.165) is 16.7 Å². The lowest BCUT2D eigenvalue weighted by Crippen LogP contribution is -2.23. The average molecular weight is 249 g/mol. The Kier molecular flexibility index (Phi) is 2.81. The van der Waals surface area contributed by atoms with Crippen molar-refractivity contribution in [1.82, 2.24) is 9.97 Å². The molecule has 3 nitrogen and oxygen atoms in total. The molecule has 0 N–H and O–H groups in total. The van der Waals surface area contributed by atoms with Gasteiger partial charge in [0.05, 0.1) is 5.52 Å². The van der Waals surface area contributed by atoms with Crippen LogP contribution in [0.4, 0.5) is 14.6 Å². The molecule has 1 aromatic heterocycles. The van der Waals surface area contributed by atoms with Crippen LogP contribution < -0.4 is 4.90 Å². The fourth-order valence-corrected chi connectivity index (χ4v) is 2.43. The number of aromatic nitrogens is 2. The van der Waals surface area contributed by atoms with Crippen LogP contribution in [-0.2, 0) is 0 Å². The first kappa shape index (κ1) is 11.3. The maximum absolute atomic E-state index is 12.7. The minimum absolute atomic E-state index is 0.374. The summed E-state index contributed by atoms with van der Waals surface area (Å²) in [6.07, 6.45) is -0.230. The molecular formula is C13H13F2N3. The molecule has 5 heteroatoms. The van der Waals surface area contributed by atoms with Crippen LogP contribution in [-0.4, -0.2) is 29.5 Å². The smallest absolute Gasteiger partial charge is 0.243 e. The Bertz CT molecular complexity index is 553. The molecule has 0 amide bonds. The van der Waals surface area contributed by atoms with Crippen molar-refractivity contribution in [2.75, 3.05) is 18.0 Å². The van der Waals surface area contributed by atoms with E-state index >= 15 is 0 Å². The second kappa shape index (κ2) is 4.48. The van der Waals surface area contributed by atoms with Crippen LogP contribution in [0.5, 0.6) is 0 Å². The van der Waals surface area contributed by atoms with Gasteiger partial charge in [0.2, 0.25) is 6.43 Å². The lowest BCUT2D eigenvalue weighted by atomic mass is 10.1. The Labute approximate surface area is 103 Å². The second-order valence-electron chi connectivity index (χ2n) is 4.54. The number of hydrogen-bond acceptors (Lipinski definition) is 3. The molecule has 18 heavy (non-hydrogen) atoms. The van der Waals surface area contributed by atoms with E-state index < -0.39 is 12.3 Å². The number of fused-ring (bicyclic) bond motifs is 1. The Morgan fingerprint density at radius 3 is 2.83 bits per heavy atom. The Morgan fingerprint density at radius 2 is 2.06 bits per heavy atom. The van der Waals surface area contributed by atoms with Crippen LogP contribution in [0.3, 0.4) is 0 Å². The molecule has 0 radical (unpaired) electrons. The molecule has 0 spiro atoms. The number of alkyl halides is 2. The lowest BCUT2D eigenvalue weighted by molar-refractivity contribution is 0.0880. The van der Waals surface area contributed by atoms with Crippen LogP contribution in [0.15, 0.2) is 30.6 Å². The van der Waals surface area contributed by atoms with Gasteiger partial charge < -0.3 is 4.90 Å². The molecule has 1 fully saturated rings. The van der Waals surface area contributed by atoms with Gasteiger partial charge in [-0.25, -0.2) is 18.7 Å². The van der Waals surface area contributed by atoms with Gasteiger partial charge in [-0.3, -0.25) is 0 Å². The van der Waals surface area contributed by atoms with Crippen molar-refractivity contribution >= 4 is 16.7 Å². The van der Waals surface area contributed by atoms with Gasteiger partial charge in [-0.05, 0) is 18.6 Å². The Balaban J connectivity index is 1.96. The summed E-state index contributed by atoms with van der Waals surface area (Å²) < 4.78 is 25.4. The van der Waals surface area contributed by atoms with E-state index in [-0.39, 0.29) is 0 Å². The number of para-hydroxylation sites is 1. The molecule has 2 heterocycles. The van der Waals surface area contributed by atoms with Crippen molar-refractivity contribution in [3.8, 4) is 0 Å². The largest absolute Gasteiger partial charge is 0.355 e. The number of nitrogens with zero attached hydrogens (tertiary/aromatic N) is 3. The molecule has 2 aromatic rings. The summed E-state index contributed by atoms with van der Waals surface area (Å²) >= 11 is 0. The molecule has 1 aliphatic rings. The third-order valence-electron chi connectivity index (χ3n) is 3.40. The van der Waals surface area contributed by atoms with E-state index in [9.17, 15) is 8.78 Å². The number of benzene rings is 1. The van der Waals surface area contributed by atoms with E-state index in [1.54, 1.807) is 0 Å². The zero-order valence-corrected chi connectivity index (χ0v) is 9.76. The van der Waals surface area contributed by atoms with Crippen LogP contribution in [0.1, 0.15) is 6.42 Å². The molecule has 0 aliphatic carbocycles. The zero-order chi connectivity index (χ0) is 12.5. The van der Waals surface area contributed by atoms with E-state index in [0.29, 0.717) is 19.5 Å². The SMILES string of the molecule is FC(F)C1CCN(c2ncnc3ccccc23)C1. The average Bonchev–Trinajstić information content (AvgIpc) is 2.87. The fourth-order valence-electron chi connectivity index (χ4n) is 2.43. The van der Waals surface area contributed by atoms with Gasteiger partial charge in [0, 0.05) is 24.4 Å². The number of anilines is 1. The summed E-state index contributed by atoms with van der Waals surface area (Å²) in [6.45, 7) is 1.01. The van der Waals surface area contributed by atoms with Crippen LogP contribution in [0, 0.1) is 5.92 Å². The topological polar surface area (TPSA) is 29.0 Å². The summed E-state index contributed by atoms with van der Waals surface area (Å²) in [5.74, 6) is 0.225. The maximum Gasteiger partial charge on any atom is 0.243 e. The fraction of sp³-hybridized carbons (Fsp3) is 0.385. The minimum atomic E-state index is -2.25. The van der Waals surface area contributed by atoms with Crippen LogP contribution in [0.2, 0.25) is 0 Å². The van der Waals surface area contributed by atoms with Gasteiger partial charge in [0.25, 0.3) is 0 Å². The number of rotatable bonds is 2. The van der Waals surface area contributed by atoms with Crippen molar-refractivity contribution in [3.63, 3.8) is 0 Å². The Hall–Kier alpha value is -1.78. The standard InChI is InChI=1S/C13H13F2N3/c14-12(15)9-5-6-18(7-9)13-10-3-1-2-4-11(10)16-8-17-13/h1-4,8-9,12H,5-7H2. The molecule has 0 bridgehead atoms. The summed E-state index contributed by atoms with van der Waals surface area (Å²) in [5.41, 5.74) is 0.850. The predicted octanol–water partition coefficient (Wildman–Crippen LogP) is 2.72. The third-order valence-corrected chi connectivity index (χ3v) is 3.40. The predicted molar refractivity (Wildman–Crippen MR) is 65.9 cm³/mol. The normalized spacial score (nSPS) is 19.9. The number of halogens is 2. The highest BCUT2D eigenvalue weighted by atomic mass is 19.3. The first-order chi connectivity index (χ1) is 8.75. The van der Waals surface area contributed by atoms with E-state index in [1.165, 1.54) is 6.33 Å². The van der Waals surface area contributed by atoms with Crippen molar-refractivity contribution in [3.05, 3.63) is 30.6 Å². The van der Waals surface area contributed by atoms with Crippen molar-refractivity contribution in [2.24, 2.45) is 5.92 Å². The summed E-state index contributed by atoms with van der Waals surface area (Å²) in [7, 11) is 0. The van der Waals surface area contributed by atoms with Gasteiger partial charge in [-0.2, -0.15) is 0 Å². The molecular weight excluding hydrogens is 236 g/mol. The Morgan fingerprint density at radius 1 is 1.22 bits per heavy atom. The highest BCUT2D eigenvalue weighted by molar-refractivity contribution is 5.89. The first-order valence-corrected chi connectivity index (χ1v) is 5.98. The summed E-state index contributed by atoms with van der Waals surface area (Å²) in [6, 6.07) is 7.66.